The SMILES string of the molecule is Cc1cc(F)ccc1C(=O)c1cc(F)ccc1C(F)(F)F. The fraction of sp³-hybridized carbons (Fsp3) is 0.133. The van der Waals surface area contributed by atoms with Gasteiger partial charge in [-0.3, -0.25) is 4.79 Å². The molecule has 0 fully saturated rings. The van der Waals surface area contributed by atoms with E-state index < -0.39 is 34.7 Å². The standard InChI is InChI=1S/C15H9F5O/c1-8-6-9(16)2-4-11(8)14(21)12-7-10(17)3-5-13(12)15(18,19)20/h2-7H,1H3. The van der Waals surface area contributed by atoms with Gasteiger partial charge in [0.1, 0.15) is 11.6 Å². The molecule has 0 bridgehead atoms. The van der Waals surface area contributed by atoms with Crippen LogP contribution >= 0.6 is 0 Å². The van der Waals surface area contributed by atoms with E-state index in [1.54, 1.807) is 0 Å². The lowest BCUT2D eigenvalue weighted by atomic mass is 9.95. The molecule has 0 amide bonds. The summed E-state index contributed by atoms with van der Waals surface area (Å²) in [7, 11) is 0. The Balaban J connectivity index is 2.60. The zero-order valence-electron chi connectivity index (χ0n) is 10.8. The summed E-state index contributed by atoms with van der Waals surface area (Å²) in [4.78, 5) is 12.2. The summed E-state index contributed by atoms with van der Waals surface area (Å²) in [6, 6.07) is 4.76. The van der Waals surface area contributed by atoms with Crippen molar-refractivity contribution in [3.8, 4) is 0 Å². The van der Waals surface area contributed by atoms with Crippen molar-refractivity contribution < 1.29 is 26.7 Å². The molecule has 2 aromatic rings. The number of aryl methyl sites for hydroxylation is 1. The first-order valence-corrected chi connectivity index (χ1v) is 5.88. The normalized spacial score (nSPS) is 11.5. The molecule has 0 atom stereocenters. The molecule has 0 aromatic heterocycles. The minimum absolute atomic E-state index is 0.104. The van der Waals surface area contributed by atoms with Crippen LogP contribution in [0.15, 0.2) is 36.4 Å². The van der Waals surface area contributed by atoms with Crippen LogP contribution in [0.25, 0.3) is 0 Å². The van der Waals surface area contributed by atoms with E-state index >= 15 is 0 Å². The lowest BCUT2D eigenvalue weighted by Crippen LogP contribution is -2.15. The average molecular weight is 300 g/mol. The van der Waals surface area contributed by atoms with Gasteiger partial charge in [0.05, 0.1) is 5.56 Å². The van der Waals surface area contributed by atoms with E-state index in [1.807, 2.05) is 0 Å². The van der Waals surface area contributed by atoms with Crippen molar-refractivity contribution in [1.82, 2.24) is 0 Å². The summed E-state index contributed by atoms with van der Waals surface area (Å²) < 4.78 is 64.8. The number of rotatable bonds is 2. The lowest BCUT2D eigenvalue weighted by molar-refractivity contribution is -0.137. The summed E-state index contributed by atoms with van der Waals surface area (Å²) in [5, 5.41) is 0. The molecule has 0 aliphatic rings. The molecule has 21 heavy (non-hydrogen) atoms. The molecule has 0 radical (unpaired) electrons. The van der Waals surface area contributed by atoms with Gasteiger partial charge in [0.15, 0.2) is 5.78 Å². The average Bonchev–Trinajstić information content (AvgIpc) is 2.36. The van der Waals surface area contributed by atoms with E-state index in [9.17, 15) is 26.7 Å². The van der Waals surface area contributed by atoms with E-state index in [-0.39, 0.29) is 11.1 Å². The quantitative estimate of drug-likeness (QED) is 0.588. The zero-order chi connectivity index (χ0) is 15.8. The highest BCUT2D eigenvalue weighted by Crippen LogP contribution is 2.33. The van der Waals surface area contributed by atoms with Crippen LogP contribution in [0.1, 0.15) is 27.0 Å². The molecule has 0 saturated carbocycles. The number of hydrogen-bond acceptors (Lipinski definition) is 1. The van der Waals surface area contributed by atoms with Gasteiger partial charge in [-0.1, -0.05) is 0 Å². The van der Waals surface area contributed by atoms with E-state index in [0.29, 0.717) is 18.2 Å². The predicted octanol–water partition coefficient (Wildman–Crippen LogP) is 4.52. The van der Waals surface area contributed by atoms with Gasteiger partial charge < -0.3 is 0 Å². The Morgan fingerprint density at radius 2 is 1.48 bits per heavy atom. The van der Waals surface area contributed by atoms with Crippen molar-refractivity contribution in [2.75, 3.05) is 0 Å². The Morgan fingerprint density at radius 3 is 2.05 bits per heavy atom. The first kappa shape index (κ1) is 15.2. The molecule has 0 aliphatic carbocycles. The number of carbonyl (C=O) groups excluding carboxylic acids is 1. The predicted molar refractivity (Wildman–Crippen MR) is 66.0 cm³/mol. The van der Waals surface area contributed by atoms with Crippen LogP contribution in [-0.2, 0) is 6.18 Å². The Morgan fingerprint density at radius 1 is 0.905 bits per heavy atom. The fourth-order valence-corrected chi connectivity index (χ4v) is 1.98. The molecule has 0 heterocycles. The number of carbonyl (C=O) groups is 1. The number of halogens is 5. The Kier molecular flexibility index (Phi) is 3.80. The molecule has 110 valence electrons. The van der Waals surface area contributed by atoms with Crippen LogP contribution in [0.5, 0.6) is 0 Å². The lowest BCUT2D eigenvalue weighted by Gasteiger charge is -2.13. The number of alkyl halides is 3. The highest BCUT2D eigenvalue weighted by atomic mass is 19.4. The third-order valence-electron chi connectivity index (χ3n) is 2.96. The van der Waals surface area contributed by atoms with Gasteiger partial charge in [0.25, 0.3) is 0 Å². The smallest absolute Gasteiger partial charge is 0.289 e. The van der Waals surface area contributed by atoms with Gasteiger partial charge in [-0.15, -0.1) is 0 Å². The van der Waals surface area contributed by atoms with Gasteiger partial charge in [-0.2, -0.15) is 13.2 Å². The Bertz CT molecular complexity index is 704. The van der Waals surface area contributed by atoms with Crippen LogP contribution < -0.4 is 0 Å². The van der Waals surface area contributed by atoms with Crippen LogP contribution in [0.3, 0.4) is 0 Å². The first-order chi connectivity index (χ1) is 9.70. The Labute approximate surface area is 117 Å². The third kappa shape index (κ3) is 3.09. The second-order valence-corrected chi connectivity index (χ2v) is 4.48. The molecule has 2 aromatic carbocycles. The molecule has 2 rings (SSSR count). The maximum atomic E-state index is 13.2. The molecule has 0 saturated heterocycles. The maximum Gasteiger partial charge on any atom is 0.417 e. The second kappa shape index (κ2) is 5.27. The molecule has 0 spiro atoms. The van der Waals surface area contributed by atoms with E-state index in [0.717, 1.165) is 18.2 Å². The van der Waals surface area contributed by atoms with Crippen molar-refractivity contribution in [2.24, 2.45) is 0 Å². The maximum absolute atomic E-state index is 13.2. The molecule has 1 nitrogen and oxygen atoms in total. The summed E-state index contributed by atoms with van der Waals surface area (Å²) in [5.74, 6) is -2.57. The molecular formula is C15H9F5O. The minimum Gasteiger partial charge on any atom is -0.289 e. The van der Waals surface area contributed by atoms with Gasteiger partial charge in [0, 0.05) is 11.1 Å². The summed E-state index contributed by atoms with van der Waals surface area (Å²) >= 11 is 0. The zero-order valence-corrected chi connectivity index (χ0v) is 10.8. The molecular weight excluding hydrogens is 291 g/mol. The van der Waals surface area contributed by atoms with Crippen molar-refractivity contribution >= 4 is 5.78 Å². The van der Waals surface area contributed by atoms with Crippen molar-refractivity contribution in [3.63, 3.8) is 0 Å². The fourth-order valence-electron chi connectivity index (χ4n) is 1.98. The second-order valence-electron chi connectivity index (χ2n) is 4.48. The van der Waals surface area contributed by atoms with Gasteiger partial charge in [0.2, 0.25) is 0 Å². The molecule has 0 aliphatic heterocycles. The summed E-state index contributed by atoms with van der Waals surface area (Å²) in [6.45, 7) is 1.39. The van der Waals surface area contributed by atoms with E-state index in [2.05, 4.69) is 0 Å². The summed E-state index contributed by atoms with van der Waals surface area (Å²) in [5.41, 5.74) is -1.94. The topological polar surface area (TPSA) is 17.1 Å². The monoisotopic (exact) mass is 300 g/mol. The first-order valence-electron chi connectivity index (χ1n) is 5.88. The van der Waals surface area contributed by atoms with Crippen molar-refractivity contribution in [3.05, 3.63) is 70.3 Å². The van der Waals surface area contributed by atoms with Crippen LogP contribution in [0.4, 0.5) is 22.0 Å². The number of hydrogen-bond donors (Lipinski definition) is 0. The number of ketones is 1. The van der Waals surface area contributed by atoms with E-state index in [1.165, 1.54) is 6.92 Å². The number of benzene rings is 2. The highest BCUT2D eigenvalue weighted by Gasteiger charge is 2.35. The van der Waals surface area contributed by atoms with Crippen molar-refractivity contribution in [2.45, 2.75) is 13.1 Å². The highest BCUT2D eigenvalue weighted by molar-refractivity contribution is 6.10. The van der Waals surface area contributed by atoms with Crippen LogP contribution in [0.2, 0.25) is 0 Å². The summed E-state index contributed by atoms with van der Waals surface area (Å²) in [6.07, 6.45) is -4.79. The van der Waals surface area contributed by atoms with E-state index in [4.69, 9.17) is 0 Å². The van der Waals surface area contributed by atoms with Crippen LogP contribution in [0, 0.1) is 18.6 Å². The van der Waals surface area contributed by atoms with Crippen LogP contribution in [-0.4, -0.2) is 5.78 Å². The molecule has 6 heteroatoms. The van der Waals surface area contributed by atoms with Crippen molar-refractivity contribution in [1.29, 1.82) is 0 Å². The third-order valence-corrected chi connectivity index (χ3v) is 2.96. The minimum atomic E-state index is -4.79. The largest absolute Gasteiger partial charge is 0.417 e. The Hall–Kier alpha value is -2.24. The molecule has 0 unspecified atom stereocenters. The van der Waals surface area contributed by atoms with Gasteiger partial charge in [-0.25, -0.2) is 8.78 Å². The van der Waals surface area contributed by atoms with Gasteiger partial charge >= 0.3 is 6.18 Å². The molecule has 0 N–H and O–H groups in total. The van der Waals surface area contributed by atoms with Gasteiger partial charge in [-0.05, 0) is 48.9 Å².